The molecule has 0 spiro atoms. The van der Waals surface area contributed by atoms with E-state index in [0.29, 0.717) is 12.0 Å². The molecule has 19 heavy (non-hydrogen) atoms. The highest BCUT2D eigenvalue weighted by molar-refractivity contribution is 5.85. The van der Waals surface area contributed by atoms with Crippen molar-refractivity contribution in [3.63, 3.8) is 0 Å². The van der Waals surface area contributed by atoms with Crippen molar-refractivity contribution >= 4 is 10.8 Å². The molecule has 1 aromatic carbocycles. The van der Waals surface area contributed by atoms with E-state index in [1.807, 2.05) is 12.4 Å². The minimum absolute atomic E-state index is 0.499. The molecule has 3 heteroatoms. The van der Waals surface area contributed by atoms with Crippen molar-refractivity contribution in [1.29, 1.82) is 0 Å². The van der Waals surface area contributed by atoms with Gasteiger partial charge >= 0.3 is 0 Å². The van der Waals surface area contributed by atoms with Crippen LogP contribution in [0.1, 0.15) is 23.6 Å². The number of pyridine rings is 1. The third-order valence-corrected chi connectivity index (χ3v) is 4.34. The molecule has 2 aromatic rings. The van der Waals surface area contributed by atoms with Gasteiger partial charge in [-0.15, -0.1) is 0 Å². The average Bonchev–Trinajstić information content (AvgIpc) is 2.80. The van der Waals surface area contributed by atoms with Crippen LogP contribution in [0.3, 0.4) is 0 Å². The molecule has 1 aliphatic rings. The summed E-state index contributed by atoms with van der Waals surface area (Å²) in [7, 11) is 2.19. The molecular formula is C16H21N3. The second kappa shape index (κ2) is 4.91. The van der Waals surface area contributed by atoms with Gasteiger partial charge in [-0.25, -0.2) is 0 Å². The second-order valence-electron chi connectivity index (χ2n) is 5.73. The predicted octanol–water partition coefficient (Wildman–Crippen LogP) is 2.49. The summed E-state index contributed by atoms with van der Waals surface area (Å²) in [4.78, 5) is 6.72. The minimum Gasteiger partial charge on any atom is -0.330 e. The predicted molar refractivity (Wildman–Crippen MR) is 79.0 cm³/mol. The molecule has 2 N–H and O–H groups in total. The van der Waals surface area contributed by atoms with Gasteiger partial charge in [-0.05, 0) is 55.4 Å². The van der Waals surface area contributed by atoms with E-state index in [4.69, 9.17) is 5.73 Å². The molecule has 2 atom stereocenters. The summed E-state index contributed by atoms with van der Waals surface area (Å²) in [5, 5.41) is 2.54. The number of likely N-dealkylation sites (tertiary alicyclic amines) is 1. The zero-order chi connectivity index (χ0) is 13.4. The van der Waals surface area contributed by atoms with E-state index in [1.165, 1.54) is 21.9 Å². The Morgan fingerprint density at radius 2 is 2.21 bits per heavy atom. The highest BCUT2D eigenvalue weighted by Gasteiger charge is 2.29. The lowest BCUT2D eigenvalue weighted by atomic mass is 9.97. The fourth-order valence-corrected chi connectivity index (χ4v) is 3.22. The lowest BCUT2D eigenvalue weighted by molar-refractivity contribution is 0.314. The Hall–Kier alpha value is -1.45. The van der Waals surface area contributed by atoms with Gasteiger partial charge in [0.05, 0.1) is 0 Å². The number of fused-ring (bicyclic) bond motifs is 1. The zero-order valence-corrected chi connectivity index (χ0v) is 11.6. The van der Waals surface area contributed by atoms with Gasteiger partial charge in [-0.1, -0.05) is 12.1 Å². The van der Waals surface area contributed by atoms with Crippen molar-refractivity contribution in [2.45, 2.75) is 19.4 Å². The van der Waals surface area contributed by atoms with Gasteiger partial charge in [0.25, 0.3) is 0 Å². The quantitative estimate of drug-likeness (QED) is 0.896. The van der Waals surface area contributed by atoms with Crippen LogP contribution >= 0.6 is 0 Å². The van der Waals surface area contributed by atoms with Crippen LogP contribution in [0.4, 0.5) is 0 Å². The molecule has 2 heterocycles. The molecule has 0 aliphatic carbocycles. The number of aryl methyl sites for hydroxylation is 1. The Morgan fingerprint density at radius 3 is 2.95 bits per heavy atom. The first kappa shape index (κ1) is 12.6. The van der Waals surface area contributed by atoms with Crippen LogP contribution in [0.2, 0.25) is 0 Å². The number of hydrogen-bond donors (Lipinski definition) is 1. The van der Waals surface area contributed by atoms with E-state index in [1.54, 1.807) is 0 Å². The third-order valence-electron chi connectivity index (χ3n) is 4.34. The summed E-state index contributed by atoms with van der Waals surface area (Å²) in [6, 6.07) is 7.27. The Balaban J connectivity index is 1.98. The molecule has 0 bridgehead atoms. The monoisotopic (exact) mass is 255 g/mol. The van der Waals surface area contributed by atoms with Gasteiger partial charge in [-0.2, -0.15) is 0 Å². The van der Waals surface area contributed by atoms with Crippen LogP contribution in [-0.4, -0.2) is 30.0 Å². The summed E-state index contributed by atoms with van der Waals surface area (Å²) in [5.74, 6) is 0.626. The summed E-state index contributed by atoms with van der Waals surface area (Å²) < 4.78 is 0. The molecule has 1 aliphatic heterocycles. The SMILES string of the molecule is Cc1cncc2cc(C3CC(CN)CN3C)ccc12. The first-order chi connectivity index (χ1) is 9.19. The maximum Gasteiger partial charge on any atom is 0.0349 e. The summed E-state index contributed by atoms with van der Waals surface area (Å²) in [5.41, 5.74) is 8.44. The molecule has 0 radical (unpaired) electrons. The number of nitrogens with zero attached hydrogens (tertiary/aromatic N) is 2. The van der Waals surface area contributed by atoms with Crippen LogP contribution in [0.5, 0.6) is 0 Å². The summed E-state index contributed by atoms with van der Waals surface area (Å²) >= 11 is 0. The number of nitrogens with two attached hydrogens (primary N) is 1. The first-order valence-electron chi connectivity index (χ1n) is 6.93. The van der Waals surface area contributed by atoms with Gasteiger partial charge in [0.1, 0.15) is 0 Å². The number of benzene rings is 1. The molecule has 0 amide bonds. The Kier molecular flexibility index (Phi) is 3.25. The fourth-order valence-electron chi connectivity index (χ4n) is 3.22. The van der Waals surface area contributed by atoms with Gasteiger partial charge in [0.15, 0.2) is 0 Å². The number of aromatic nitrogens is 1. The van der Waals surface area contributed by atoms with Crippen LogP contribution in [0, 0.1) is 12.8 Å². The van der Waals surface area contributed by atoms with E-state index >= 15 is 0 Å². The van der Waals surface area contributed by atoms with Crippen molar-refractivity contribution in [2.75, 3.05) is 20.1 Å². The fraction of sp³-hybridized carbons (Fsp3) is 0.438. The minimum atomic E-state index is 0.499. The first-order valence-corrected chi connectivity index (χ1v) is 6.93. The maximum atomic E-state index is 5.81. The normalized spacial score (nSPS) is 24.2. The Labute approximate surface area is 114 Å². The van der Waals surface area contributed by atoms with Gasteiger partial charge in [0, 0.05) is 30.4 Å². The van der Waals surface area contributed by atoms with E-state index < -0.39 is 0 Å². The smallest absolute Gasteiger partial charge is 0.0349 e. The molecule has 2 unspecified atom stereocenters. The van der Waals surface area contributed by atoms with Crippen LogP contribution in [0.25, 0.3) is 10.8 Å². The lowest BCUT2D eigenvalue weighted by Crippen LogP contribution is -2.20. The van der Waals surface area contributed by atoms with Crippen LogP contribution in [-0.2, 0) is 0 Å². The molecule has 1 aromatic heterocycles. The summed E-state index contributed by atoms with van der Waals surface area (Å²) in [6.07, 6.45) is 5.05. The molecule has 1 saturated heterocycles. The maximum absolute atomic E-state index is 5.81. The largest absolute Gasteiger partial charge is 0.330 e. The highest BCUT2D eigenvalue weighted by atomic mass is 15.2. The number of hydrogen-bond acceptors (Lipinski definition) is 3. The lowest BCUT2D eigenvalue weighted by Gasteiger charge is -2.20. The van der Waals surface area contributed by atoms with E-state index in [0.717, 1.165) is 19.5 Å². The van der Waals surface area contributed by atoms with E-state index in [2.05, 4.69) is 42.1 Å². The Morgan fingerprint density at radius 1 is 1.37 bits per heavy atom. The average molecular weight is 255 g/mol. The molecule has 3 nitrogen and oxygen atoms in total. The molecule has 0 saturated carbocycles. The zero-order valence-electron chi connectivity index (χ0n) is 11.6. The molecular weight excluding hydrogens is 234 g/mol. The Bertz CT molecular complexity index is 594. The third kappa shape index (κ3) is 2.24. The molecule has 1 fully saturated rings. The van der Waals surface area contributed by atoms with Crippen LogP contribution in [0.15, 0.2) is 30.6 Å². The molecule has 100 valence electrons. The highest BCUT2D eigenvalue weighted by Crippen LogP contribution is 2.35. The second-order valence-corrected chi connectivity index (χ2v) is 5.73. The van der Waals surface area contributed by atoms with Crippen molar-refractivity contribution in [1.82, 2.24) is 9.88 Å². The van der Waals surface area contributed by atoms with Crippen molar-refractivity contribution in [2.24, 2.45) is 11.7 Å². The standard InChI is InChI=1S/C16H21N3/c1-11-8-18-9-14-6-13(3-4-15(11)14)16-5-12(7-17)10-19(16)2/h3-4,6,8-9,12,16H,5,7,10,17H2,1-2H3. The van der Waals surface area contributed by atoms with Crippen molar-refractivity contribution in [3.05, 3.63) is 41.7 Å². The van der Waals surface area contributed by atoms with Crippen molar-refractivity contribution < 1.29 is 0 Å². The van der Waals surface area contributed by atoms with Gasteiger partial charge in [0.2, 0.25) is 0 Å². The number of rotatable bonds is 2. The topological polar surface area (TPSA) is 42.1 Å². The summed E-state index contributed by atoms with van der Waals surface area (Å²) in [6.45, 7) is 4.00. The van der Waals surface area contributed by atoms with Crippen LogP contribution < -0.4 is 5.73 Å². The van der Waals surface area contributed by atoms with Crippen molar-refractivity contribution in [3.8, 4) is 0 Å². The molecule has 3 rings (SSSR count). The van der Waals surface area contributed by atoms with E-state index in [-0.39, 0.29) is 0 Å². The van der Waals surface area contributed by atoms with Gasteiger partial charge in [-0.3, -0.25) is 9.88 Å². The van der Waals surface area contributed by atoms with E-state index in [9.17, 15) is 0 Å². The van der Waals surface area contributed by atoms with Gasteiger partial charge < -0.3 is 5.73 Å².